The molecule has 0 saturated carbocycles. The number of halogens is 1. The van der Waals surface area contributed by atoms with E-state index >= 15 is 0 Å². The normalized spacial score (nSPS) is 10.4. The van der Waals surface area contributed by atoms with Gasteiger partial charge >= 0.3 is 5.97 Å². The van der Waals surface area contributed by atoms with Crippen molar-refractivity contribution in [2.45, 2.75) is 0 Å². The largest absolute Gasteiger partial charge is 0.464 e. The number of esters is 1. The van der Waals surface area contributed by atoms with Crippen LogP contribution >= 0.6 is 11.6 Å². The molecule has 0 aliphatic rings. The zero-order chi connectivity index (χ0) is 17.3. The Kier molecular flexibility index (Phi) is 3.98. The minimum Gasteiger partial charge on any atom is -0.464 e. The zero-order valence-corrected chi connectivity index (χ0v) is 13.4. The highest BCUT2D eigenvalue weighted by Crippen LogP contribution is 2.28. The molecule has 0 fully saturated rings. The highest BCUT2D eigenvalue weighted by atomic mass is 35.5. The van der Waals surface area contributed by atoms with Crippen LogP contribution in [0.15, 0.2) is 42.9 Å². The minimum atomic E-state index is -0.637. The van der Waals surface area contributed by atoms with Crippen LogP contribution in [-0.2, 0) is 4.74 Å². The van der Waals surface area contributed by atoms with Crippen molar-refractivity contribution < 1.29 is 9.53 Å². The number of rotatable bonds is 3. The molecular weight excluding hydrogens is 330 g/mol. The molecule has 8 heteroatoms. The Morgan fingerprint density at radius 2 is 2.04 bits per heavy atom. The second-order valence-corrected chi connectivity index (χ2v) is 5.31. The molecule has 7 nitrogen and oxygen atoms in total. The fraction of sp³-hybridized carbons (Fsp3) is 0.0625. The summed E-state index contributed by atoms with van der Waals surface area (Å²) >= 11 is 5.94. The first-order chi connectivity index (χ1) is 11.6. The molecule has 24 heavy (non-hydrogen) atoms. The van der Waals surface area contributed by atoms with E-state index in [1.807, 2.05) is 18.2 Å². The van der Waals surface area contributed by atoms with Crippen LogP contribution in [0.25, 0.3) is 11.4 Å². The summed E-state index contributed by atoms with van der Waals surface area (Å²) < 4.78 is 7.88. The Morgan fingerprint density at radius 3 is 2.62 bits per heavy atom. The number of hydrogen-bond donors (Lipinski definition) is 1. The minimum absolute atomic E-state index is 0.0673. The number of nitriles is 1. The lowest BCUT2D eigenvalue weighted by atomic mass is 10.2. The SMILES string of the molecule is COC(=O)c1c(N)c(C#N)cn1-c1ccccc1-n1cc(Cl)cn1. The quantitative estimate of drug-likeness (QED) is 0.738. The Labute approximate surface area is 142 Å². The molecular formula is C16H12ClN5O2. The molecule has 2 heterocycles. The lowest BCUT2D eigenvalue weighted by Gasteiger charge is -2.13. The summed E-state index contributed by atoms with van der Waals surface area (Å²) in [5.41, 5.74) is 7.53. The van der Waals surface area contributed by atoms with Gasteiger partial charge in [0.2, 0.25) is 0 Å². The van der Waals surface area contributed by atoms with Crippen LogP contribution in [0, 0.1) is 11.3 Å². The van der Waals surface area contributed by atoms with Crippen LogP contribution in [0.5, 0.6) is 0 Å². The van der Waals surface area contributed by atoms with Gasteiger partial charge in [-0.3, -0.25) is 0 Å². The van der Waals surface area contributed by atoms with Gasteiger partial charge in [-0.2, -0.15) is 10.4 Å². The maximum atomic E-state index is 12.1. The highest BCUT2D eigenvalue weighted by molar-refractivity contribution is 6.30. The highest BCUT2D eigenvalue weighted by Gasteiger charge is 2.23. The molecule has 0 atom stereocenters. The van der Waals surface area contributed by atoms with Gasteiger partial charge in [0, 0.05) is 12.4 Å². The fourth-order valence-corrected chi connectivity index (χ4v) is 2.53. The van der Waals surface area contributed by atoms with Gasteiger partial charge in [0.15, 0.2) is 5.69 Å². The van der Waals surface area contributed by atoms with Gasteiger partial charge in [-0.05, 0) is 12.1 Å². The first-order valence-corrected chi connectivity index (χ1v) is 7.23. The molecule has 0 amide bonds. The third-order valence-electron chi connectivity index (χ3n) is 3.48. The summed E-state index contributed by atoms with van der Waals surface area (Å²) in [4.78, 5) is 12.1. The Morgan fingerprint density at radius 1 is 1.33 bits per heavy atom. The number of nitrogens with two attached hydrogens (primary N) is 1. The maximum Gasteiger partial charge on any atom is 0.357 e. The predicted molar refractivity (Wildman–Crippen MR) is 88.4 cm³/mol. The topological polar surface area (TPSA) is 98.9 Å². The summed E-state index contributed by atoms with van der Waals surface area (Å²) in [6.45, 7) is 0. The van der Waals surface area contributed by atoms with Gasteiger partial charge in [-0.25, -0.2) is 9.48 Å². The lowest BCUT2D eigenvalue weighted by molar-refractivity contribution is 0.0593. The van der Waals surface area contributed by atoms with Crippen molar-refractivity contribution in [3.05, 3.63) is 59.1 Å². The molecule has 0 aliphatic carbocycles. The smallest absolute Gasteiger partial charge is 0.357 e. The first-order valence-electron chi connectivity index (χ1n) is 6.86. The number of nitrogens with zero attached hydrogens (tertiary/aromatic N) is 4. The predicted octanol–water partition coefficient (Wildman–Crippen LogP) is 2.56. The van der Waals surface area contributed by atoms with E-state index in [-0.39, 0.29) is 16.9 Å². The fourth-order valence-electron chi connectivity index (χ4n) is 2.40. The van der Waals surface area contributed by atoms with E-state index < -0.39 is 5.97 Å². The Balaban J connectivity index is 2.28. The number of anilines is 1. The average Bonchev–Trinajstić information content (AvgIpc) is 3.17. The summed E-state index contributed by atoms with van der Waals surface area (Å²) in [6, 6.07) is 9.18. The summed E-state index contributed by atoms with van der Waals surface area (Å²) in [5, 5.41) is 13.9. The second kappa shape index (κ2) is 6.10. The first kappa shape index (κ1) is 15.6. The summed E-state index contributed by atoms with van der Waals surface area (Å²) in [7, 11) is 1.25. The number of benzene rings is 1. The number of hydrogen-bond acceptors (Lipinski definition) is 5. The molecule has 0 bridgehead atoms. The Hall–Kier alpha value is -3.24. The van der Waals surface area contributed by atoms with Crippen molar-refractivity contribution in [2.75, 3.05) is 12.8 Å². The van der Waals surface area contributed by atoms with Crippen LogP contribution in [0.3, 0.4) is 0 Å². The van der Waals surface area contributed by atoms with Crippen LogP contribution in [-0.4, -0.2) is 27.4 Å². The molecule has 120 valence electrons. The van der Waals surface area contributed by atoms with E-state index in [1.54, 1.807) is 23.0 Å². The van der Waals surface area contributed by atoms with Crippen molar-refractivity contribution in [3.63, 3.8) is 0 Å². The maximum absolute atomic E-state index is 12.1. The van der Waals surface area contributed by atoms with Gasteiger partial charge in [-0.1, -0.05) is 23.7 Å². The molecule has 1 aromatic carbocycles. The van der Waals surface area contributed by atoms with Gasteiger partial charge in [0.05, 0.1) is 41.0 Å². The lowest BCUT2D eigenvalue weighted by Crippen LogP contribution is -2.12. The summed E-state index contributed by atoms with van der Waals surface area (Å²) in [6.07, 6.45) is 4.63. The van der Waals surface area contributed by atoms with Crippen LogP contribution < -0.4 is 5.73 Å². The van der Waals surface area contributed by atoms with Gasteiger partial charge in [0.1, 0.15) is 6.07 Å². The molecule has 3 aromatic rings. The molecule has 0 saturated heterocycles. The van der Waals surface area contributed by atoms with E-state index in [9.17, 15) is 10.1 Å². The molecule has 0 unspecified atom stereocenters. The number of carbonyl (C=O) groups excluding carboxylic acids is 1. The molecule has 0 radical (unpaired) electrons. The van der Waals surface area contributed by atoms with Crippen LogP contribution in [0.4, 0.5) is 5.69 Å². The van der Waals surface area contributed by atoms with Gasteiger partial charge < -0.3 is 15.0 Å². The molecule has 2 aromatic heterocycles. The number of ether oxygens (including phenoxy) is 1. The van der Waals surface area contributed by atoms with Gasteiger partial charge in [0.25, 0.3) is 0 Å². The Bertz CT molecular complexity index is 967. The van der Waals surface area contributed by atoms with E-state index in [2.05, 4.69) is 5.10 Å². The van der Waals surface area contributed by atoms with E-state index in [0.29, 0.717) is 16.4 Å². The second-order valence-electron chi connectivity index (χ2n) is 4.87. The van der Waals surface area contributed by atoms with Gasteiger partial charge in [-0.15, -0.1) is 0 Å². The summed E-state index contributed by atoms with van der Waals surface area (Å²) in [5.74, 6) is -0.637. The standard InChI is InChI=1S/C16H12ClN5O2/c1-24-16(23)15-14(19)10(6-18)8-21(15)12-4-2-3-5-13(12)22-9-11(17)7-20-22/h2-5,7-9H,19H2,1H3. The number of nitrogen functional groups attached to an aromatic ring is 1. The van der Waals surface area contributed by atoms with E-state index in [0.717, 1.165) is 0 Å². The number of carbonyl (C=O) groups is 1. The zero-order valence-electron chi connectivity index (χ0n) is 12.6. The van der Waals surface area contributed by atoms with Crippen molar-refractivity contribution in [2.24, 2.45) is 0 Å². The third-order valence-corrected chi connectivity index (χ3v) is 3.68. The number of methoxy groups -OCH3 is 1. The van der Waals surface area contributed by atoms with Crippen molar-refractivity contribution in [3.8, 4) is 17.4 Å². The van der Waals surface area contributed by atoms with Crippen LogP contribution in [0.2, 0.25) is 5.02 Å². The van der Waals surface area contributed by atoms with Crippen LogP contribution in [0.1, 0.15) is 16.1 Å². The van der Waals surface area contributed by atoms with E-state index in [4.69, 9.17) is 22.1 Å². The molecule has 0 spiro atoms. The van der Waals surface area contributed by atoms with Crippen molar-refractivity contribution in [1.82, 2.24) is 14.3 Å². The monoisotopic (exact) mass is 341 g/mol. The average molecular weight is 342 g/mol. The molecule has 0 aliphatic heterocycles. The van der Waals surface area contributed by atoms with E-state index in [1.165, 1.54) is 24.1 Å². The molecule has 2 N–H and O–H groups in total. The number of para-hydroxylation sites is 2. The third kappa shape index (κ3) is 2.49. The number of aromatic nitrogens is 3. The van der Waals surface area contributed by atoms with Crippen molar-refractivity contribution >= 4 is 23.3 Å². The molecule has 3 rings (SSSR count). The van der Waals surface area contributed by atoms with Crippen molar-refractivity contribution in [1.29, 1.82) is 5.26 Å².